The molecule has 0 spiro atoms. The molecule has 2 unspecified atom stereocenters. The van der Waals surface area contributed by atoms with Crippen molar-refractivity contribution in [2.24, 2.45) is 5.92 Å². The second-order valence-corrected chi connectivity index (χ2v) is 11.7. The molecule has 214 valence electrons. The van der Waals surface area contributed by atoms with E-state index in [-0.39, 0.29) is 29.8 Å². The number of rotatable bonds is 9. The summed E-state index contributed by atoms with van der Waals surface area (Å²) in [5, 5.41) is 0. The van der Waals surface area contributed by atoms with E-state index in [0.29, 0.717) is 50.2 Å². The first kappa shape index (κ1) is 29.5. The van der Waals surface area contributed by atoms with Crippen molar-refractivity contribution in [1.29, 1.82) is 0 Å². The predicted octanol–water partition coefficient (Wildman–Crippen LogP) is 5.39. The van der Waals surface area contributed by atoms with Crippen LogP contribution >= 0.6 is 0 Å². The Bertz CT molecular complexity index is 1230. The van der Waals surface area contributed by atoms with E-state index < -0.39 is 11.0 Å². The summed E-state index contributed by atoms with van der Waals surface area (Å²) >= 11 is 0. The van der Waals surface area contributed by atoms with Crippen LogP contribution in [0.25, 0.3) is 0 Å². The number of nitrogens with zero attached hydrogens (tertiary/aromatic N) is 2. The van der Waals surface area contributed by atoms with Crippen LogP contribution in [0.5, 0.6) is 5.75 Å². The summed E-state index contributed by atoms with van der Waals surface area (Å²) in [4.78, 5) is 42.7. The topological polar surface area (TPSA) is 76.2 Å². The Kier molecular flexibility index (Phi) is 9.14. The molecule has 2 aromatic rings. The summed E-state index contributed by atoms with van der Waals surface area (Å²) in [5.74, 6) is 0.0578. The van der Waals surface area contributed by atoms with Crippen molar-refractivity contribution in [3.8, 4) is 5.75 Å². The fourth-order valence-corrected chi connectivity index (χ4v) is 6.83. The zero-order chi connectivity index (χ0) is 28.9. The number of hydrogen-bond donors (Lipinski definition) is 0. The normalized spacial score (nSPS) is 24.6. The number of ether oxygens (including phenoxy) is 2. The molecular formula is C33H42N2O5. The predicted molar refractivity (Wildman–Crippen MR) is 155 cm³/mol. The van der Waals surface area contributed by atoms with E-state index >= 15 is 0 Å². The van der Waals surface area contributed by atoms with Crippen molar-refractivity contribution in [3.05, 3.63) is 78.4 Å². The molecule has 1 aliphatic heterocycles. The second-order valence-electron chi connectivity index (χ2n) is 11.7. The fourth-order valence-electron chi connectivity index (χ4n) is 6.83. The second kappa shape index (κ2) is 12.4. The average molecular weight is 547 g/mol. The van der Waals surface area contributed by atoms with Crippen LogP contribution in [0.2, 0.25) is 0 Å². The summed E-state index contributed by atoms with van der Waals surface area (Å²) in [6.45, 7) is 13.7. The van der Waals surface area contributed by atoms with E-state index in [9.17, 15) is 14.4 Å². The molecule has 7 nitrogen and oxygen atoms in total. The van der Waals surface area contributed by atoms with Gasteiger partial charge in [-0.15, -0.1) is 6.58 Å². The lowest BCUT2D eigenvalue weighted by Gasteiger charge is -2.60. The van der Waals surface area contributed by atoms with Crippen molar-refractivity contribution >= 4 is 17.8 Å². The summed E-state index contributed by atoms with van der Waals surface area (Å²) < 4.78 is 11.9. The van der Waals surface area contributed by atoms with Gasteiger partial charge in [0.2, 0.25) is 0 Å². The van der Waals surface area contributed by atoms with Crippen molar-refractivity contribution in [2.45, 2.75) is 70.4 Å². The van der Waals surface area contributed by atoms with Gasteiger partial charge in [0.15, 0.2) is 0 Å². The molecule has 2 aliphatic rings. The zero-order valence-electron chi connectivity index (χ0n) is 24.2. The number of esters is 2. The first-order valence-electron chi connectivity index (χ1n) is 14.3. The molecule has 4 rings (SSSR count). The molecule has 7 heteroatoms. The first-order valence-corrected chi connectivity index (χ1v) is 14.3. The molecule has 0 radical (unpaired) electrons. The lowest BCUT2D eigenvalue weighted by molar-refractivity contribution is -0.188. The number of fused-ring (bicyclic) bond motifs is 1. The lowest BCUT2D eigenvalue weighted by Crippen LogP contribution is -2.68. The minimum absolute atomic E-state index is 0.0205. The van der Waals surface area contributed by atoms with E-state index in [4.69, 9.17) is 9.47 Å². The Hall–Kier alpha value is -3.45. The molecule has 2 fully saturated rings. The number of piperidine rings is 1. The molecule has 0 bridgehead atoms. The molecule has 0 aromatic heterocycles. The van der Waals surface area contributed by atoms with Crippen LogP contribution in [-0.2, 0) is 19.7 Å². The quantitative estimate of drug-likeness (QED) is 0.238. The highest BCUT2D eigenvalue weighted by molar-refractivity contribution is 5.94. The first-order chi connectivity index (χ1) is 19.1. The average Bonchev–Trinajstić information content (AvgIpc) is 2.91. The van der Waals surface area contributed by atoms with Crippen molar-refractivity contribution in [2.75, 3.05) is 26.2 Å². The van der Waals surface area contributed by atoms with Gasteiger partial charge < -0.3 is 14.4 Å². The molecular weight excluding hydrogens is 504 g/mol. The highest BCUT2D eigenvalue weighted by atomic mass is 16.6. The number of carbonyl (C=O) groups is 3. The van der Waals surface area contributed by atoms with Gasteiger partial charge in [-0.25, -0.2) is 0 Å². The largest absolute Gasteiger partial charge is 0.457 e. The van der Waals surface area contributed by atoms with Gasteiger partial charge in [-0.05, 0) is 68.0 Å². The SMILES string of the molecule is C=CCN1CCC2(c3cccc(OC(C)=O)c3)C[C@@H](N(CC(C)C)C(=O)c3ccccc3)CCC2(OC(C)=O)C1. The molecule has 0 N–H and O–H groups in total. The minimum atomic E-state index is -0.801. The van der Waals surface area contributed by atoms with Gasteiger partial charge in [0.25, 0.3) is 5.91 Å². The van der Waals surface area contributed by atoms with E-state index in [2.05, 4.69) is 25.3 Å². The third-order valence-corrected chi connectivity index (χ3v) is 8.33. The summed E-state index contributed by atoms with van der Waals surface area (Å²) in [6.07, 6.45) is 4.57. The molecule has 1 amide bonds. The van der Waals surface area contributed by atoms with Crippen LogP contribution in [-0.4, -0.2) is 65.5 Å². The van der Waals surface area contributed by atoms with Gasteiger partial charge in [-0.2, -0.15) is 0 Å². The van der Waals surface area contributed by atoms with Crippen molar-refractivity contribution < 1.29 is 23.9 Å². The van der Waals surface area contributed by atoms with Gasteiger partial charge in [-0.3, -0.25) is 19.3 Å². The number of likely N-dealkylation sites (tertiary alicyclic amines) is 1. The standard InChI is InChI=1S/C33H42N2O5/c1-6-18-34-19-17-32(28-13-10-14-30(20-28)39-25(4)36)21-29(15-16-33(32,23-34)40-26(5)37)35(22-24(2)3)31(38)27-11-8-7-9-12-27/h6-14,20,24,29H,1,15-19,21-23H2,2-5H3/t29-,32?,33?/m0/s1. The maximum Gasteiger partial charge on any atom is 0.308 e. The number of benzene rings is 2. The van der Waals surface area contributed by atoms with E-state index in [1.165, 1.54) is 13.8 Å². The smallest absolute Gasteiger partial charge is 0.308 e. The number of hydrogen-bond acceptors (Lipinski definition) is 6. The molecule has 3 atom stereocenters. The Morgan fingerprint density at radius 2 is 1.82 bits per heavy atom. The van der Waals surface area contributed by atoms with E-state index in [0.717, 1.165) is 18.5 Å². The zero-order valence-corrected chi connectivity index (χ0v) is 24.2. The summed E-state index contributed by atoms with van der Waals surface area (Å²) in [5.41, 5.74) is 0.255. The highest BCUT2D eigenvalue weighted by Crippen LogP contribution is 2.55. The van der Waals surface area contributed by atoms with Gasteiger partial charge in [0.1, 0.15) is 11.4 Å². The Morgan fingerprint density at radius 1 is 1.07 bits per heavy atom. The van der Waals surface area contributed by atoms with Crippen molar-refractivity contribution in [3.63, 3.8) is 0 Å². The Morgan fingerprint density at radius 3 is 2.48 bits per heavy atom. The third kappa shape index (κ3) is 6.15. The van der Waals surface area contributed by atoms with Crippen LogP contribution in [0.4, 0.5) is 0 Å². The van der Waals surface area contributed by atoms with Crippen LogP contribution in [0.3, 0.4) is 0 Å². The molecule has 1 saturated heterocycles. The summed E-state index contributed by atoms with van der Waals surface area (Å²) in [7, 11) is 0. The van der Waals surface area contributed by atoms with Gasteiger partial charge >= 0.3 is 11.9 Å². The maximum atomic E-state index is 13.9. The van der Waals surface area contributed by atoms with Crippen LogP contribution in [0.1, 0.15) is 69.3 Å². The molecule has 1 aliphatic carbocycles. The Balaban J connectivity index is 1.83. The minimum Gasteiger partial charge on any atom is -0.457 e. The maximum absolute atomic E-state index is 13.9. The molecule has 1 saturated carbocycles. The van der Waals surface area contributed by atoms with Gasteiger partial charge in [0.05, 0.1) is 0 Å². The molecule has 2 aromatic carbocycles. The Labute approximate surface area is 238 Å². The van der Waals surface area contributed by atoms with Gasteiger partial charge in [0, 0.05) is 50.5 Å². The lowest BCUT2D eigenvalue weighted by atomic mass is 9.54. The summed E-state index contributed by atoms with van der Waals surface area (Å²) in [6, 6.07) is 17.0. The van der Waals surface area contributed by atoms with Gasteiger partial charge in [-0.1, -0.05) is 50.3 Å². The van der Waals surface area contributed by atoms with Crippen molar-refractivity contribution in [1.82, 2.24) is 9.80 Å². The third-order valence-electron chi connectivity index (χ3n) is 8.33. The van der Waals surface area contributed by atoms with Crippen LogP contribution in [0, 0.1) is 5.92 Å². The number of carbonyl (C=O) groups excluding carboxylic acids is 3. The van der Waals surface area contributed by atoms with E-state index in [1.807, 2.05) is 59.5 Å². The molecule has 40 heavy (non-hydrogen) atoms. The number of amides is 1. The molecule has 1 heterocycles. The fraction of sp³-hybridized carbons (Fsp3) is 0.485. The van der Waals surface area contributed by atoms with Crippen LogP contribution < -0.4 is 4.74 Å². The van der Waals surface area contributed by atoms with Crippen LogP contribution in [0.15, 0.2) is 67.3 Å². The van der Waals surface area contributed by atoms with E-state index in [1.54, 1.807) is 6.07 Å². The monoisotopic (exact) mass is 546 g/mol. The highest BCUT2D eigenvalue weighted by Gasteiger charge is 2.61.